The lowest BCUT2D eigenvalue weighted by Gasteiger charge is -2.43. The Morgan fingerprint density at radius 3 is 2.44 bits per heavy atom. The first kappa shape index (κ1) is 14.4. The fourth-order valence-electron chi connectivity index (χ4n) is 4.86. The summed E-state index contributed by atoms with van der Waals surface area (Å²) >= 11 is 0. The number of hydrogen-bond donors (Lipinski definition) is 1. The summed E-state index contributed by atoms with van der Waals surface area (Å²) in [5.74, 6) is 3.97. The molecular formula is C17H33N. The van der Waals surface area contributed by atoms with E-state index in [-0.39, 0.29) is 0 Å². The summed E-state index contributed by atoms with van der Waals surface area (Å²) in [5.41, 5.74) is 0. The average Bonchev–Trinajstić information content (AvgIpc) is 2.40. The van der Waals surface area contributed by atoms with Crippen LogP contribution in [0.4, 0.5) is 0 Å². The van der Waals surface area contributed by atoms with E-state index >= 15 is 0 Å². The molecular weight excluding hydrogens is 218 g/mol. The van der Waals surface area contributed by atoms with E-state index in [1.807, 2.05) is 0 Å². The predicted molar refractivity (Wildman–Crippen MR) is 79.7 cm³/mol. The number of fused-ring (bicyclic) bond motifs is 1. The third-order valence-electron chi connectivity index (χ3n) is 5.78. The van der Waals surface area contributed by atoms with Gasteiger partial charge in [0.1, 0.15) is 0 Å². The summed E-state index contributed by atoms with van der Waals surface area (Å²) in [6.07, 6.45) is 13.3. The first-order chi connectivity index (χ1) is 8.76. The van der Waals surface area contributed by atoms with Crippen LogP contribution >= 0.6 is 0 Å². The van der Waals surface area contributed by atoms with E-state index in [0.717, 1.165) is 29.7 Å². The molecule has 18 heavy (non-hydrogen) atoms. The molecule has 0 amide bonds. The predicted octanol–water partition coefficient (Wildman–Crippen LogP) is 4.62. The quantitative estimate of drug-likeness (QED) is 0.752. The van der Waals surface area contributed by atoms with Crippen LogP contribution < -0.4 is 5.32 Å². The van der Waals surface area contributed by atoms with Crippen molar-refractivity contribution in [2.24, 2.45) is 23.7 Å². The van der Waals surface area contributed by atoms with Gasteiger partial charge in [0, 0.05) is 6.04 Å². The molecule has 5 unspecified atom stereocenters. The molecule has 0 aromatic carbocycles. The Balaban J connectivity index is 1.91. The minimum absolute atomic E-state index is 0.771. The second-order valence-corrected chi connectivity index (χ2v) is 6.96. The van der Waals surface area contributed by atoms with Gasteiger partial charge in [-0.05, 0) is 56.4 Å². The van der Waals surface area contributed by atoms with Crippen LogP contribution in [0.3, 0.4) is 0 Å². The highest BCUT2D eigenvalue weighted by Gasteiger charge is 2.36. The Labute approximate surface area is 114 Å². The van der Waals surface area contributed by atoms with Crippen molar-refractivity contribution >= 4 is 0 Å². The lowest BCUT2D eigenvalue weighted by molar-refractivity contribution is 0.0962. The minimum atomic E-state index is 0.771. The molecule has 0 spiro atoms. The van der Waals surface area contributed by atoms with Crippen LogP contribution in [-0.4, -0.2) is 13.1 Å². The van der Waals surface area contributed by atoms with E-state index in [2.05, 4.69) is 26.2 Å². The van der Waals surface area contributed by atoms with Crippen LogP contribution in [-0.2, 0) is 0 Å². The van der Waals surface area contributed by atoms with Crippen molar-refractivity contribution in [3.63, 3.8) is 0 Å². The summed E-state index contributed by atoms with van der Waals surface area (Å²) in [6, 6.07) is 0.771. The second-order valence-electron chi connectivity index (χ2n) is 6.96. The standard InChI is InChI=1S/C17H33N/c1-4-7-13(2)17(18-3)16-11-10-14-8-5-6-9-15(14)12-16/h13-18H,4-12H2,1-3H3. The van der Waals surface area contributed by atoms with Gasteiger partial charge in [0.25, 0.3) is 0 Å². The SMILES string of the molecule is CCCC(C)C(NC)C1CCC2CCCCC2C1. The Hall–Kier alpha value is -0.0400. The van der Waals surface area contributed by atoms with Gasteiger partial charge >= 0.3 is 0 Å². The number of rotatable bonds is 5. The topological polar surface area (TPSA) is 12.0 Å². The normalized spacial score (nSPS) is 35.8. The molecule has 0 heterocycles. The maximum Gasteiger partial charge on any atom is 0.0118 e. The first-order valence-electron chi connectivity index (χ1n) is 8.43. The van der Waals surface area contributed by atoms with Crippen LogP contribution in [0.2, 0.25) is 0 Å². The molecule has 106 valence electrons. The zero-order valence-electron chi connectivity index (χ0n) is 12.8. The third kappa shape index (κ3) is 3.29. The lowest BCUT2D eigenvalue weighted by Crippen LogP contribution is -2.43. The summed E-state index contributed by atoms with van der Waals surface area (Å²) in [7, 11) is 2.18. The lowest BCUT2D eigenvalue weighted by atomic mass is 9.65. The molecule has 1 heteroatoms. The molecule has 0 aromatic rings. The van der Waals surface area contributed by atoms with Gasteiger partial charge in [-0.2, -0.15) is 0 Å². The van der Waals surface area contributed by atoms with Crippen molar-refractivity contribution in [2.45, 2.75) is 77.7 Å². The largest absolute Gasteiger partial charge is 0.316 e. The monoisotopic (exact) mass is 251 g/mol. The molecule has 0 bridgehead atoms. The van der Waals surface area contributed by atoms with Crippen molar-refractivity contribution in [1.29, 1.82) is 0 Å². The fraction of sp³-hybridized carbons (Fsp3) is 1.00. The van der Waals surface area contributed by atoms with Crippen LogP contribution in [0.25, 0.3) is 0 Å². The zero-order chi connectivity index (χ0) is 13.0. The Kier molecular flexibility index (Phi) is 5.54. The van der Waals surface area contributed by atoms with E-state index in [1.54, 1.807) is 0 Å². The van der Waals surface area contributed by atoms with Gasteiger partial charge in [0.05, 0.1) is 0 Å². The summed E-state index contributed by atoms with van der Waals surface area (Å²) in [4.78, 5) is 0. The van der Waals surface area contributed by atoms with Crippen LogP contribution in [0.1, 0.15) is 71.6 Å². The van der Waals surface area contributed by atoms with Crippen molar-refractivity contribution in [3.8, 4) is 0 Å². The Morgan fingerprint density at radius 2 is 1.78 bits per heavy atom. The average molecular weight is 251 g/mol. The van der Waals surface area contributed by atoms with Gasteiger partial charge in [0.15, 0.2) is 0 Å². The number of hydrogen-bond acceptors (Lipinski definition) is 1. The van der Waals surface area contributed by atoms with Gasteiger partial charge in [-0.15, -0.1) is 0 Å². The van der Waals surface area contributed by atoms with E-state index in [0.29, 0.717) is 0 Å². The summed E-state index contributed by atoms with van der Waals surface area (Å²) in [5, 5.41) is 3.65. The first-order valence-corrected chi connectivity index (χ1v) is 8.43. The second kappa shape index (κ2) is 6.93. The zero-order valence-corrected chi connectivity index (χ0v) is 12.8. The Bertz CT molecular complexity index is 238. The van der Waals surface area contributed by atoms with Gasteiger partial charge in [-0.1, -0.05) is 46.0 Å². The molecule has 0 saturated heterocycles. The highest BCUT2D eigenvalue weighted by atomic mass is 14.9. The van der Waals surface area contributed by atoms with E-state index in [4.69, 9.17) is 0 Å². The highest BCUT2D eigenvalue weighted by Crippen LogP contribution is 2.44. The molecule has 1 nitrogen and oxygen atoms in total. The maximum absolute atomic E-state index is 3.65. The molecule has 2 aliphatic rings. The molecule has 2 saturated carbocycles. The van der Waals surface area contributed by atoms with E-state index in [9.17, 15) is 0 Å². The Morgan fingerprint density at radius 1 is 1.06 bits per heavy atom. The van der Waals surface area contributed by atoms with Gasteiger partial charge in [-0.25, -0.2) is 0 Å². The van der Waals surface area contributed by atoms with Crippen LogP contribution in [0, 0.1) is 23.7 Å². The smallest absolute Gasteiger partial charge is 0.0118 e. The maximum atomic E-state index is 3.65. The van der Waals surface area contributed by atoms with Crippen LogP contribution in [0.15, 0.2) is 0 Å². The highest BCUT2D eigenvalue weighted by molar-refractivity contribution is 4.89. The molecule has 2 aliphatic carbocycles. The van der Waals surface area contributed by atoms with Gasteiger partial charge in [0.2, 0.25) is 0 Å². The summed E-state index contributed by atoms with van der Waals surface area (Å²) < 4.78 is 0. The minimum Gasteiger partial charge on any atom is -0.316 e. The molecule has 2 fully saturated rings. The molecule has 0 radical (unpaired) electrons. The van der Waals surface area contributed by atoms with Crippen molar-refractivity contribution < 1.29 is 0 Å². The fourth-order valence-corrected chi connectivity index (χ4v) is 4.86. The van der Waals surface area contributed by atoms with E-state index < -0.39 is 0 Å². The van der Waals surface area contributed by atoms with Crippen molar-refractivity contribution in [1.82, 2.24) is 5.32 Å². The number of nitrogens with one attached hydrogen (secondary N) is 1. The summed E-state index contributed by atoms with van der Waals surface area (Å²) in [6.45, 7) is 4.78. The van der Waals surface area contributed by atoms with Crippen molar-refractivity contribution in [3.05, 3.63) is 0 Å². The van der Waals surface area contributed by atoms with Crippen molar-refractivity contribution in [2.75, 3.05) is 7.05 Å². The van der Waals surface area contributed by atoms with Crippen LogP contribution in [0.5, 0.6) is 0 Å². The molecule has 2 rings (SSSR count). The van der Waals surface area contributed by atoms with Gasteiger partial charge < -0.3 is 5.32 Å². The molecule has 5 atom stereocenters. The third-order valence-corrected chi connectivity index (χ3v) is 5.78. The van der Waals surface area contributed by atoms with E-state index in [1.165, 1.54) is 57.8 Å². The molecule has 0 aliphatic heterocycles. The molecule has 0 aromatic heterocycles. The molecule has 1 N–H and O–H groups in total. The van der Waals surface area contributed by atoms with Gasteiger partial charge in [-0.3, -0.25) is 0 Å².